The highest BCUT2D eigenvalue weighted by molar-refractivity contribution is 5.99. The number of carbonyl (C=O) groups is 2. The Bertz CT molecular complexity index is 760. The Morgan fingerprint density at radius 1 is 1.05 bits per heavy atom. The molecule has 0 unspecified atom stereocenters. The summed E-state index contributed by atoms with van der Waals surface area (Å²) in [6.07, 6.45) is 1.76. The number of esters is 2. The molecule has 0 N–H and O–H groups in total. The number of aryl methyl sites for hydroxylation is 1. The molecule has 1 aromatic carbocycles. The number of nitrogens with zero attached hydrogens (tertiary/aromatic N) is 1. The minimum absolute atomic E-state index is 0.200. The van der Waals surface area contributed by atoms with Gasteiger partial charge in [0.2, 0.25) is 5.43 Å². The highest BCUT2D eigenvalue weighted by Crippen LogP contribution is 2.16. The Hall–Kier alpha value is -2.63. The van der Waals surface area contributed by atoms with Gasteiger partial charge in [0, 0.05) is 24.1 Å². The second kappa shape index (κ2) is 5.16. The molecule has 2 rings (SSSR count). The minimum Gasteiger partial charge on any atom is -0.465 e. The average molecular weight is 275 g/mol. The third kappa shape index (κ3) is 2.16. The lowest BCUT2D eigenvalue weighted by atomic mass is 10.2. The molecule has 0 aliphatic heterocycles. The first-order valence-corrected chi connectivity index (χ1v) is 5.79. The number of fused-ring (bicyclic) bond motifs is 1. The van der Waals surface area contributed by atoms with Crippen LogP contribution in [0.5, 0.6) is 0 Å². The van der Waals surface area contributed by atoms with Gasteiger partial charge in [0.05, 0.1) is 14.2 Å². The van der Waals surface area contributed by atoms with Crippen LogP contribution in [-0.4, -0.2) is 30.7 Å². The number of carbonyl (C=O) groups excluding carboxylic acids is 2. The van der Waals surface area contributed by atoms with E-state index in [0.717, 1.165) is 0 Å². The SMILES string of the molecule is COC(=O)c1cc2ccn(C)c2cc(C(=O)OC)c1=O. The maximum atomic E-state index is 12.3. The van der Waals surface area contributed by atoms with Crippen LogP contribution >= 0.6 is 0 Å². The van der Waals surface area contributed by atoms with Gasteiger partial charge in [-0.2, -0.15) is 0 Å². The molecule has 0 aliphatic carbocycles. The van der Waals surface area contributed by atoms with Crippen molar-refractivity contribution in [2.75, 3.05) is 14.2 Å². The van der Waals surface area contributed by atoms with E-state index < -0.39 is 17.4 Å². The van der Waals surface area contributed by atoms with E-state index in [1.807, 2.05) is 0 Å². The molecule has 0 saturated heterocycles. The second-order valence-electron chi connectivity index (χ2n) is 4.20. The lowest BCUT2D eigenvalue weighted by Gasteiger charge is -1.97. The van der Waals surface area contributed by atoms with Crippen LogP contribution in [-0.2, 0) is 16.5 Å². The van der Waals surface area contributed by atoms with E-state index in [0.29, 0.717) is 10.9 Å². The van der Waals surface area contributed by atoms with E-state index in [9.17, 15) is 14.4 Å². The molecular formula is C14H13NO5. The molecule has 104 valence electrons. The summed E-state index contributed by atoms with van der Waals surface area (Å²) >= 11 is 0. The molecule has 0 bridgehead atoms. The Morgan fingerprint density at radius 2 is 1.60 bits per heavy atom. The minimum atomic E-state index is -0.793. The quantitative estimate of drug-likeness (QED) is 0.767. The molecule has 0 spiro atoms. The lowest BCUT2D eigenvalue weighted by molar-refractivity contribution is 0.0597. The zero-order chi connectivity index (χ0) is 14.9. The Morgan fingerprint density at radius 3 is 2.15 bits per heavy atom. The average Bonchev–Trinajstić information content (AvgIpc) is 2.71. The Labute approximate surface area is 114 Å². The van der Waals surface area contributed by atoms with Crippen LogP contribution < -0.4 is 5.43 Å². The summed E-state index contributed by atoms with van der Waals surface area (Å²) < 4.78 is 10.9. The number of ether oxygens (including phenoxy) is 2. The molecule has 6 heteroatoms. The van der Waals surface area contributed by atoms with Gasteiger partial charge < -0.3 is 14.0 Å². The van der Waals surface area contributed by atoms with Gasteiger partial charge in [-0.05, 0) is 18.2 Å². The number of rotatable bonds is 2. The molecule has 0 atom stereocenters. The van der Waals surface area contributed by atoms with Crippen molar-refractivity contribution < 1.29 is 19.1 Å². The van der Waals surface area contributed by atoms with Crippen LogP contribution in [0.15, 0.2) is 29.2 Å². The van der Waals surface area contributed by atoms with Crippen LogP contribution in [0.2, 0.25) is 0 Å². The van der Waals surface area contributed by atoms with Crippen molar-refractivity contribution in [2.24, 2.45) is 7.05 Å². The maximum Gasteiger partial charge on any atom is 0.341 e. The smallest absolute Gasteiger partial charge is 0.341 e. The van der Waals surface area contributed by atoms with Crippen molar-refractivity contribution in [2.45, 2.75) is 0 Å². The first-order chi connectivity index (χ1) is 9.49. The van der Waals surface area contributed by atoms with Crippen molar-refractivity contribution >= 4 is 22.8 Å². The second-order valence-corrected chi connectivity index (χ2v) is 4.20. The highest BCUT2D eigenvalue weighted by Gasteiger charge is 2.19. The fraction of sp³-hybridized carbons (Fsp3) is 0.214. The van der Waals surface area contributed by atoms with Gasteiger partial charge in [0.25, 0.3) is 0 Å². The normalized spacial score (nSPS) is 10.3. The highest BCUT2D eigenvalue weighted by atomic mass is 16.5. The van der Waals surface area contributed by atoms with Crippen molar-refractivity contribution in [3.63, 3.8) is 0 Å². The van der Waals surface area contributed by atoms with Gasteiger partial charge in [0.15, 0.2) is 0 Å². The topological polar surface area (TPSA) is 74.6 Å². The standard InChI is InChI=1S/C14H13NO5/c1-15-5-4-8-6-9(13(17)19-2)12(16)10(7-11(8)15)14(18)20-3/h4-7H,1-3H3. The summed E-state index contributed by atoms with van der Waals surface area (Å²) in [5.74, 6) is -1.58. The van der Waals surface area contributed by atoms with Gasteiger partial charge >= 0.3 is 11.9 Å². The summed E-state index contributed by atoms with van der Waals surface area (Å²) in [7, 11) is 4.12. The molecule has 6 nitrogen and oxygen atoms in total. The predicted molar refractivity (Wildman–Crippen MR) is 71.9 cm³/mol. The molecule has 0 radical (unpaired) electrons. The first-order valence-electron chi connectivity index (χ1n) is 5.79. The number of hydrogen-bond acceptors (Lipinski definition) is 5. The van der Waals surface area contributed by atoms with E-state index in [2.05, 4.69) is 9.47 Å². The van der Waals surface area contributed by atoms with Gasteiger partial charge in [-0.1, -0.05) is 0 Å². The molecular weight excluding hydrogens is 262 g/mol. The van der Waals surface area contributed by atoms with Crippen LogP contribution in [0.1, 0.15) is 20.7 Å². The zero-order valence-corrected chi connectivity index (χ0v) is 11.3. The first kappa shape index (κ1) is 13.8. The summed E-state index contributed by atoms with van der Waals surface area (Å²) in [4.78, 5) is 35.7. The summed E-state index contributed by atoms with van der Waals surface area (Å²) in [5, 5.41) is 0.653. The molecule has 20 heavy (non-hydrogen) atoms. The van der Waals surface area contributed by atoms with Crippen LogP contribution in [0.3, 0.4) is 0 Å². The zero-order valence-electron chi connectivity index (χ0n) is 11.3. The fourth-order valence-electron chi connectivity index (χ4n) is 1.96. The monoisotopic (exact) mass is 275 g/mol. The van der Waals surface area contributed by atoms with E-state index in [1.165, 1.54) is 26.4 Å². The van der Waals surface area contributed by atoms with Crippen molar-refractivity contribution in [1.29, 1.82) is 0 Å². The van der Waals surface area contributed by atoms with E-state index in [4.69, 9.17) is 0 Å². The van der Waals surface area contributed by atoms with E-state index in [1.54, 1.807) is 23.9 Å². The lowest BCUT2D eigenvalue weighted by Crippen LogP contribution is -2.21. The number of hydrogen-bond donors (Lipinski definition) is 0. The number of aromatic nitrogens is 1. The van der Waals surface area contributed by atoms with Gasteiger partial charge in [-0.25, -0.2) is 9.59 Å². The van der Waals surface area contributed by atoms with Crippen LogP contribution in [0.4, 0.5) is 0 Å². The number of methoxy groups -OCH3 is 2. The summed E-state index contributed by atoms with van der Waals surface area (Å²) in [5.41, 5.74) is -0.476. The van der Waals surface area contributed by atoms with Crippen molar-refractivity contribution in [3.8, 4) is 0 Å². The largest absolute Gasteiger partial charge is 0.465 e. The summed E-state index contributed by atoms with van der Waals surface area (Å²) in [6.45, 7) is 0. The fourth-order valence-corrected chi connectivity index (χ4v) is 1.96. The van der Waals surface area contributed by atoms with Gasteiger partial charge in [0.1, 0.15) is 11.1 Å². The van der Waals surface area contributed by atoms with Crippen molar-refractivity contribution in [3.05, 3.63) is 45.7 Å². The predicted octanol–water partition coefficient (Wildman–Crippen LogP) is 1.11. The Kier molecular flexibility index (Phi) is 3.56. The van der Waals surface area contributed by atoms with Crippen LogP contribution in [0, 0.1) is 0 Å². The summed E-state index contributed by atoms with van der Waals surface area (Å²) in [6, 6.07) is 4.56. The molecule has 1 heterocycles. The van der Waals surface area contributed by atoms with Crippen molar-refractivity contribution in [1.82, 2.24) is 4.57 Å². The molecule has 0 aliphatic rings. The Balaban J connectivity index is 2.94. The molecule has 0 amide bonds. The molecule has 0 fully saturated rings. The third-order valence-corrected chi connectivity index (χ3v) is 3.03. The molecule has 0 saturated carbocycles. The van der Waals surface area contributed by atoms with Crippen LogP contribution in [0.25, 0.3) is 10.9 Å². The van der Waals surface area contributed by atoms with E-state index in [-0.39, 0.29) is 11.1 Å². The van der Waals surface area contributed by atoms with E-state index >= 15 is 0 Å². The molecule has 2 aromatic rings. The molecule has 1 aromatic heterocycles. The van der Waals surface area contributed by atoms with Gasteiger partial charge in [-0.3, -0.25) is 4.79 Å². The van der Waals surface area contributed by atoms with Gasteiger partial charge in [-0.15, -0.1) is 0 Å². The maximum absolute atomic E-state index is 12.3. The third-order valence-electron chi connectivity index (χ3n) is 3.03.